The fourth-order valence-corrected chi connectivity index (χ4v) is 11.6. The Morgan fingerprint density at radius 3 is 1.44 bits per heavy atom. The van der Waals surface area contributed by atoms with E-state index in [9.17, 15) is 0 Å². The van der Waals surface area contributed by atoms with E-state index in [0.717, 1.165) is 71.6 Å². The first-order valence-corrected chi connectivity index (χ1v) is 23.4. The minimum absolute atomic E-state index is 0.220. The molecule has 2 aliphatic rings. The van der Waals surface area contributed by atoms with E-state index in [1.807, 2.05) is 77.7 Å². The van der Waals surface area contributed by atoms with Crippen molar-refractivity contribution in [3.63, 3.8) is 0 Å². The maximum Gasteiger partial charge on any atom is 0.115 e. The third kappa shape index (κ3) is 6.42. The van der Waals surface area contributed by atoms with Gasteiger partial charge in [-0.1, -0.05) is 245 Å². The minimum Gasteiger partial charge on any atom is -0.333 e. The van der Waals surface area contributed by atoms with Crippen molar-refractivity contribution in [3.8, 4) is 33.4 Å². The summed E-state index contributed by atoms with van der Waals surface area (Å²) in [5.74, 6) is 0. The Kier molecular flexibility index (Phi) is 10.7. The largest absolute Gasteiger partial charge is 0.333 e. The van der Waals surface area contributed by atoms with Crippen LogP contribution in [-0.2, 0) is 5.41 Å². The maximum atomic E-state index is 7.56. The number of hydrogen-bond acceptors (Lipinski definition) is 1. The molecule has 0 N–H and O–H groups in total. The highest BCUT2D eigenvalue weighted by atomic mass is 15.2. The van der Waals surface area contributed by atoms with Gasteiger partial charge in [-0.25, -0.2) is 0 Å². The van der Waals surface area contributed by atoms with E-state index in [1.165, 1.54) is 5.56 Å². The normalized spacial score (nSPS) is 14.8. The van der Waals surface area contributed by atoms with E-state index in [4.69, 9.17) is 54.9 Å². The van der Waals surface area contributed by atoms with E-state index in [1.54, 1.807) is 0 Å². The first-order chi connectivity index (χ1) is 34.2. The molecule has 1 nitrogen and oxygen atoms in total. The van der Waals surface area contributed by atoms with Crippen LogP contribution >= 0.6 is 0 Å². The number of anilines is 2. The summed E-state index contributed by atoms with van der Waals surface area (Å²) in [6, 6.07) is 72.5. The van der Waals surface area contributed by atoms with Gasteiger partial charge in [0.05, 0.1) is 11.5 Å². The van der Waals surface area contributed by atoms with Crippen LogP contribution in [0.4, 0.5) is 11.4 Å². The average Bonchev–Trinajstić information content (AvgIpc) is 3.83. The summed E-state index contributed by atoms with van der Waals surface area (Å²) in [6.07, 6.45) is 0. The fraction of sp³-hybridized carbons (Fsp3) is 0.0323. The molecule has 0 spiro atoms. The smallest absolute Gasteiger partial charge is 0.115 e. The molecule has 8 heteroatoms. The van der Waals surface area contributed by atoms with Gasteiger partial charge in [0.1, 0.15) is 54.9 Å². The molecule has 0 fully saturated rings. The van der Waals surface area contributed by atoms with E-state index >= 15 is 0 Å². The number of benzene rings is 10. The molecule has 1 atom stereocenters. The highest BCUT2D eigenvalue weighted by molar-refractivity contribution is 6.63. The van der Waals surface area contributed by atoms with Gasteiger partial charge in [0.2, 0.25) is 0 Å². The van der Waals surface area contributed by atoms with E-state index in [-0.39, 0.29) is 21.9 Å². The van der Waals surface area contributed by atoms with Crippen LogP contribution in [0.1, 0.15) is 27.8 Å². The van der Waals surface area contributed by atoms with Gasteiger partial charge in [0.15, 0.2) is 0 Å². The quantitative estimate of drug-likeness (QED) is 0.138. The summed E-state index contributed by atoms with van der Waals surface area (Å²) in [5, 5.41) is 4.00. The maximum absolute atomic E-state index is 7.56. The molecule has 0 bridgehead atoms. The number of nitrogens with zero attached hydrogens (tertiary/aromatic N) is 1. The lowest BCUT2D eigenvalue weighted by atomic mass is 9.63. The van der Waals surface area contributed by atoms with E-state index in [0.29, 0.717) is 38.9 Å². The molecule has 2 aliphatic carbocycles. The summed E-state index contributed by atoms with van der Waals surface area (Å²) in [4.78, 5) is 2.01. The second-order valence-corrected chi connectivity index (χ2v) is 18.2. The van der Waals surface area contributed by atoms with Crippen molar-refractivity contribution in [2.75, 3.05) is 4.90 Å². The number of hydrogen-bond donors (Lipinski definition) is 0. The Labute approximate surface area is 419 Å². The summed E-state index contributed by atoms with van der Waals surface area (Å²) < 4.78 is 0. The topological polar surface area (TPSA) is 3.24 Å². The molecule has 310 valence electrons. The number of rotatable bonds is 8. The van der Waals surface area contributed by atoms with Crippen LogP contribution in [0.5, 0.6) is 0 Å². The second-order valence-electron chi connectivity index (χ2n) is 18.2. The Morgan fingerprint density at radius 1 is 0.343 bits per heavy atom. The predicted molar refractivity (Wildman–Crippen MR) is 301 cm³/mol. The fourth-order valence-electron chi connectivity index (χ4n) is 11.6. The third-order valence-electron chi connectivity index (χ3n) is 14.6. The molecule has 0 amide bonds. The minimum atomic E-state index is -0.890. The zero-order valence-electron chi connectivity index (χ0n) is 38.3. The zero-order valence-corrected chi connectivity index (χ0v) is 38.3. The molecule has 70 heavy (non-hydrogen) atoms. The van der Waals surface area contributed by atoms with Crippen molar-refractivity contribution >= 4 is 115 Å². The Balaban J connectivity index is 1.16. The van der Waals surface area contributed by atoms with Gasteiger partial charge in [-0.15, -0.1) is 0 Å². The highest BCUT2D eigenvalue weighted by Crippen LogP contribution is 2.59. The molecule has 0 saturated carbocycles. The molecule has 0 aromatic heterocycles. The number of fused-ring (bicyclic) bond motifs is 5. The van der Waals surface area contributed by atoms with Crippen LogP contribution in [0.15, 0.2) is 229 Å². The Bertz CT molecular complexity index is 3740. The molecule has 0 aliphatic heterocycles. The first kappa shape index (κ1) is 43.7. The molecule has 0 saturated heterocycles. The van der Waals surface area contributed by atoms with Crippen molar-refractivity contribution in [2.45, 2.75) is 11.5 Å². The molecule has 10 aromatic rings. The Morgan fingerprint density at radius 2 is 0.800 bits per heavy atom. The molecular formula is C62H36B7N. The van der Waals surface area contributed by atoms with Crippen LogP contribution in [0.3, 0.4) is 0 Å². The van der Waals surface area contributed by atoms with Crippen LogP contribution in [-0.4, -0.2) is 61.0 Å². The molecular weight excluding hydrogens is 834 g/mol. The summed E-state index contributed by atoms with van der Waals surface area (Å²) >= 11 is 0. The summed E-state index contributed by atoms with van der Waals surface area (Å²) in [6.45, 7) is 0. The van der Waals surface area contributed by atoms with Crippen LogP contribution in [0, 0.1) is 0 Å². The van der Waals surface area contributed by atoms with E-state index < -0.39 is 11.5 Å². The second kappa shape index (κ2) is 17.1. The van der Waals surface area contributed by atoms with Crippen molar-refractivity contribution < 1.29 is 0 Å². The van der Waals surface area contributed by atoms with Crippen molar-refractivity contribution in [1.82, 2.24) is 0 Å². The van der Waals surface area contributed by atoms with Gasteiger partial charge < -0.3 is 4.90 Å². The molecule has 10 aromatic carbocycles. The van der Waals surface area contributed by atoms with Gasteiger partial charge in [0, 0.05) is 16.9 Å². The monoisotopic (exact) mass is 871 g/mol. The lowest BCUT2D eigenvalue weighted by molar-refractivity contribution is 0.768. The molecule has 0 heterocycles. The predicted octanol–water partition coefficient (Wildman–Crippen LogP) is 9.51. The van der Waals surface area contributed by atoms with Gasteiger partial charge in [-0.2, -0.15) is 0 Å². The van der Waals surface area contributed by atoms with E-state index in [2.05, 4.69) is 140 Å². The van der Waals surface area contributed by atoms with Crippen LogP contribution in [0.2, 0.25) is 0 Å². The third-order valence-corrected chi connectivity index (χ3v) is 14.6. The Hall–Kier alpha value is -7.55. The highest BCUT2D eigenvalue weighted by Gasteiger charge is 2.47. The molecule has 14 radical (unpaired) electrons. The van der Waals surface area contributed by atoms with Crippen LogP contribution in [0.25, 0.3) is 60.5 Å². The van der Waals surface area contributed by atoms with Gasteiger partial charge in [-0.05, 0) is 88.8 Å². The van der Waals surface area contributed by atoms with Gasteiger partial charge in [-0.3, -0.25) is 0 Å². The van der Waals surface area contributed by atoms with Crippen LogP contribution < -0.4 is 26.8 Å². The molecule has 12 rings (SSSR count). The number of para-hydroxylation sites is 1. The summed E-state index contributed by atoms with van der Waals surface area (Å²) in [7, 11) is 51.6. The number of allylic oxidation sites excluding steroid dienone is 2. The SMILES string of the molecule is [B]C1=C([B])C(N(c2ccccc2-c2cccc3c2-c2ccccc2C3(c2ccccc2)c2ccccc2)c2c([B])c([B])c(-c3cccc4ccccc34)c([B])c2[B])C([B])=C1c1cccc2ccccc12. The first-order valence-electron chi connectivity index (χ1n) is 23.4. The lowest BCUT2D eigenvalue weighted by Crippen LogP contribution is -2.50. The van der Waals surface area contributed by atoms with Gasteiger partial charge in [0.25, 0.3) is 0 Å². The standard InChI is InChI=1S/C62H36B7N/c63-53-51(43-30-15-20-36-18-7-9-26-40(36)43)54(64)59(69)61(58(53)68)70(60-56(66)52(55(65)57(60)67)44-31-16-21-37-19-8-10-27-41(37)44)49-35-14-12-28-42(49)45-32-17-34-48-50(45)46-29-11-13-33-47(46)62(48,38-22-3-1-4-23-38)39-24-5-2-6-25-39/h1-35,60H. The lowest BCUT2D eigenvalue weighted by Gasteiger charge is -2.40. The zero-order chi connectivity index (χ0) is 47.8. The molecule has 1 unspecified atom stereocenters. The van der Waals surface area contributed by atoms with Crippen molar-refractivity contribution in [2.24, 2.45) is 0 Å². The van der Waals surface area contributed by atoms with Gasteiger partial charge >= 0.3 is 0 Å². The summed E-state index contributed by atoms with van der Waals surface area (Å²) in [5.41, 5.74) is 14.1. The van der Waals surface area contributed by atoms with Crippen molar-refractivity contribution in [3.05, 3.63) is 257 Å². The van der Waals surface area contributed by atoms with Crippen molar-refractivity contribution in [1.29, 1.82) is 0 Å². The average molecular weight is 871 g/mol.